The summed E-state index contributed by atoms with van der Waals surface area (Å²) in [6.07, 6.45) is 0. The highest BCUT2D eigenvalue weighted by molar-refractivity contribution is 5.13. The highest BCUT2D eigenvalue weighted by Crippen LogP contribution is 1.99. The van der Waals surface area contributed by atoms with Crippen LogP contribution in [0.2, 0.25) is 0 Å². The molecule has 0 atom stereocenters. The van der Waals surface area contributed by atoms with Gasteiger partial charge in [0.25, 0.3) is 0 Å². The summed E-state index contributed by atoms with van der Waals surface area (Å²) < 4.78 is 12.2. The van der Waals surface area contributed by atoms with Crippen LogP contribution in [-0.2, 0) is 6.54 Å². The van der Waals surface area contributed by atoms with Crippen molar-refractivity contribution in [2.24, 2.45) is 5.73 Å². The summed E-state index contributed by atoms with van der Waals surface area (Å²) in [5.41, 5.74) is 6.08. The first kappa shape index (κ1) is 6.23. The molecule has 0 bridgehead atoms. The van der Waals surface area contributed by atoms with E-state index in [9.17, 15) is 4.39 Å². The molecule has 0 aliphatic carbocycles. The Bertz CT molecular complexity index is 181. The highest BCUT2D eigenvalue weighted by Gasteiger charge is 1.88. The average Bonchev–Trinajstić information content (AvgIpc) is 1.90. The van der Waals surface area contributed by atoms with Crippen LogP contribution in [0.15, 0.2) is 18.2 Å². The molecule has 0 saturated heterocycles. The van der Waals surface area contributed by atoms with Gasteiger partial charge in [-0.05, 0) is 23.8 Å². The third-order valence-electron chi connectivity index (χ3n) is 1.06. The fourth-order valence-electron chi connectivity index (χ4n) is 0.565. The van der Waals surface area contributed by atoms with Crippen LogP contribution >= 0.6 is 0 Å². The van der Waals surface area contributed by atoms with Crippen molar-refractivity contribution in [3.63, 3.8) is 0 Å². The zero-order chi connectivity index (χ0) is 6.69. The minimum Gasteiger partial charge on any atom is -0.326 e. The summed E-state index contributed by atoms with van der Waals surface area (Å²) in [7, 11) is 0. The number of hydrogen-bond acceptors (Lipinski definition) is 1. The van der Waals surface area contributed by atoms with Gasteiger partial charge in [0.05, 0.1) is 0 Å². The number of hydrogen-bond donors (Lipinski definition) is 1. The molecule has 0 aliphatic heterocycles. The Morgan fingerprint density at radius 3 is 2.78 bits per heavy atom. The second-order valence-corrected chi connectivity index (χ2v) is 1.74. The summed E-state index contributed by atoms with van der Waals surface area (Å²) in [6, 6.07) is 6.96. The molecule has 0 unspecified atom stereocenters. The van der Waals surface area contributed by atoms with Crippen LogP contribution in [-0.4, -0.2) is 0 Å². The van der Waals surface area contributed by atoms with E-state index < -0.39 is 0 Å². The van der Waals surface area contributed by atoms with Gasteiger partial charge in [-0.15, -0.1) is 0 Å². The molecular formula is C7H7FN. The molecule has 2 heteroatoms. The normalized spacial score (nSPS) is 9.56. The van der Waals surface area contributed by atoms with Crippen molar-refractivity contribution < 1.29 is 4.39 Å². The maximum absolute atomic E-state index is 12.2. The predicted molar refractivity (Wildman–Crippen MR) is 33.1 cm³/mol. The molecule has 1 aromatic rings. The second-order valence-electron chi connectivity index (χ2n) is 1.74. The van der Waals surface area contributed by atoms with E-state index in [-0.39, 0.29) is 5.82 Å². The van der Waals surface area contributed by atoms with Gasteiger partial charge in [-0.2, -0.15) is 0 Å². The summed E-state index contributed by atoms with van der Waals surface area (Å²) >= 11 is 0. The molecule has 0 heterocycles. The van der Waals surface area contributed by atoms with Crippen LogP contribution in [0.3, 0.4) is 0 Å². The smallest absolute Gasteiger partial charge is 0.123 e. The zero-order valence-corrected chi connectivity index (χ0v) is 4.89. The van der Waals surface area contributed by atoms with Gasteiger partial charge in [0.15, 0.2) is 0 Å². The average molecular weight is 124 g/mol. The van der Waals surface area contributed by atoms with Crippen molar-refractivity contribution >= 4 is 0 Å². The minimum atomic E-state index is -0.271. The van der Waals surface area contributed by atoms with Crippen molar-refractivity contribution in [3.8, 4) is 0 Å². The molecule has 47 valence electrons. The van der Waals surface area contributed by atoms with Gasteiger partial charge in [-0.1, -0.05) is 6.07 Å². The molecule has 0 aromatic heterocycles. The Labute approximate surface area is 53.3 Å². The van der Waals surface area contributed by atoms with Crippen molar-refractivity contribution in [2.45, 2.75) is 6.54 Å². The quantitative estimate of drug-likeness (QED) is 0.595. The molecule has 1 nitrogen and oxygen atoms in total. The SMILES string of the molecule is NCc1[c]cc(F)cc1. The first-order valence-electron chi connectivity index (χ1n) is 2.69. The Hall–Kier alpha value is -0.890. The summed E-state index contributed by atoms with van der Waals surface area (Å²) in [5.74, 6) is -0.271. The highest BCUT2D eigenvalue weighted by atomic mass is 19.1. The number of rotatable bonds is 1. The monoisotopic (exact) mass is 124 g/mol. The van der Waals surface area contributed by atoms with E-state index in [0.717, 1.165) is 5.56 Å². The van der Waals surface area contributed by atoms with Gasteiger partial charge < -0.3 is 5.73 Å². The molecule has 0 amide bonds. The van der Waals surface area contributed by atoms with E-state index in [4.69, 9.17) is 5.73 Å². The maximum Gasteiger partial charge on any atom is 0.123 e. The van der Waals surface area contributed by atoms with Crippen molar-refractivity contribution in [2.75, 3.05) is 0 Å². The fraction of sp³-hybridized carbons (Fsp3) is 0.143. The van der Waals surface area contributed by atoms with E-state index in [1.54, 1.807) is 6.07 Å². The Balaban J connectivity index is 2.88. The standard InChI is InChI=1S/C7H7FN/c8-7-3-1-6(5-9)2-4-7/h1,3-4H,5,9H2. The number of halogens is 1. The molecule has 9 heavy (non-hydrogen) atoms. The molecular weight excluding hydrogens is 117 g/mol. The molecule has 0 saturated carbocycles. The molecule has 1 aromatic carbocycles. The van der Waals surface area contributed by atoms with Crippen molar-refractivity contribution in [3.05, 3.63) is 35.6 Å². The zero-order valence-electron chi connectivity index (χ0n) is 4.89. The molecule has 2 N–H and O–H groups in total. The second kappa shape index (κ2) is 2.60. The van der Waals surface area contributed by atoms with Gasteiger partial charge >= 0.3 is 0 Å². The lowest BCUT2D eigenvalue weighted by Gasteiger charge is -1.91. The molecule has 1 rings (SSSR count). The van der Waals surface area contributed by atoms with E-state index in [0.29, 0.717) is 6.54 Å². The van der Waals surface area contributed by atoms with Gasteiger partial charge in [0.1, 0.15) is 5.82 Å². The Morgan fingerprint density at radius 2 is 2.33 bits per heavy atom. The third kappa shape index (κ3) is 1.50. The van der Waals surface area contributed by atoms with Crippen LogP contribution in [0.1, 0.15) is 5.56 Å². The van der Waals surface area contributed by atoms with Crippen molar-refractivity contribution in [1.82, 2.24) is 0 Å². The Morgan fingerprint density at radius 1 is 1.56 bits per heavy atom. The van der Waals surface area contributed by atoms with Crippen LogP contribution in [0.4, 0.5) is 4.39 Å². The van der Waals surface area contributed by atoms with Gasteiger partial charge in [0.2, 0.25) is 0 Å². The van der Waals surface area contributed by atoms with E-state index >= 15 is 0 Å². The lowest BCUT2D eigenvalue weighted by molar-refractivity contribution is 0.626. The fourth-order valence-corrected chi connectivity index (χ4v) is 0.565. The van der Waals surface area contributed by atoms with Gasteiger partial charge in [0, 0.05) is 6.54 Å². The van der Waals surface area contributed by atoms with E-state index in [1.165, 1.54) is 12.1 Å². The van der Waals surface area contributed by atoms with E-state index in [2.05, 4.69) is 6.07 Å². The van der Waals surface area contributed by atoms with Crippen LogP contribution < -0.4 is 5.73 Å². The van der Waals surface area contributed by atoms with Crippen LogP contribution in [0.5, 0.6) is 0 Å². The first-order chi connectivity index (χ1) is 4.33. The Kier molecular flexibility index (Phi) is 1.80. The third-order valence-corrected chi connectivity index (χ3v) is 1.06. The lowest BCUT2D eigenvalue weighted by atomic mass is 10.2. The van der Waals surface area contributed by atoms with Crippen LogP contribution in [0.25, 0.3) is 0 Å². The van der Waals surface area contributed by atoms with Crippen molar-refractivity contribution in [1.29, 1.82) is 0 Å². The summed E-state index contributed by atoms with van der Waals surface area (Å²) in [5, 5.41) is 0. The number of nitrogens with two attached hydrogens (primary N) is 1. The summed E-state index contributed by atoms with van der Waals surface area (Å²) in [4.78, 5) is 0. The largest absolute Gasteiger partial charge is 0.326 e. The molecule has 0 aliphatic rings. The van der Waals surface area contributed by atoms with Gasteiger partial charge in [-0.3, -0.25) is 0 Å². The predicted octanol–water partition coefficient (Wildman–Crippen LogP) is 1.08. The molecule has 1 radical (unpaired) electrons. The minimum absolute atomic E-state index is 0.271. The molecule has 0 fully saturated rings. The first-order valence-corrected chi connectivity index (χ1v) is 2.69. The van der Waals surface area contributed by atoms with Crippen LogP contribution in [0, 0.1) is 11.9 Å². The lowest BCUT2D eigenvalue weighted by Crippen LogP contribution is -1.95. The molecule has 0 spiro atoms. The maximum atomic E-state index is 12.2. The number of benzene rings is 1. The van der Waals surface area contributed by atoms with E-state index in [1.807, 2.05) is 0 Å². The topological polar surface area (TPSA) is 26.0 Å². The summed E-state index contributed by atoms with van der Waals surface area (Å²) in [6.45, 7) is 0.417. The van der Waals surface area contributed by atoms with Gasteiger partial charge in [-0.25, -0.2) is 4.39 Å².